The van der Waals surface area contributed by atoms with Crippen LogP contribution in [0.5, 0.6) is 0 Å². The molecule has 33 heavy (non-hydrogen) atoms. The summed E-state index contributed by atoms with van der Waals surface area (Å²) in [5, 5.41) is 2.72. The molecule has 0 aliphatic carbocycles. The van der Waals surface area contributed by atoms with Gasteiger partial charge in [0.25, 0.3) is 0 Å². The minimum Gasteiger partial charge on any atom is -0.357 e. The number of amides is 2. The van der Waals surface area contributed by atoms with Crippen LogP contribution in [0, 0.1) is 12.7 Å². The van der Waals surface area contributed by atoms with Crippen molar-refractivity contribution in [2.75, 3.05) is 12.8 Å². The zero-order valence-corrected chi connectivity index (χ0v) is 19.8. The number of aryl methyl sites for hydroxylation is 1. The van der Waals surface area contributed by atoms with Crippen LogP contribution >= 0.6 is 11.8 Å². The average molecular weight is 465 g/mol. The van der Waals surface area contributed by atoms with Crippen molar-refractivity contribution in [3.63, 3.8) is 0 Å². The van der Waals surface area contributed by atoms with Gasteiger partial charge >= 0.3 is 0 Å². The molecule has 0 unspecified atom stereocenters. The summed E-state index contributed by atoms with van der Waals surface area (Å²) in [5.74, 6) is -0.0936. The van der Waals surface area contributed by atoms with Crippen LogP contribution < -0.4 is 5.32 Å². The van der Waals surface area contributed by atoms with Crippen molar-refractivity contribution in [1.82, 2.24) is 10.2 Å². The summed E-state index contributed by atoms with van der Waals surface area (Å²) < 4.78 is 14.0. The highest BCUT2D eigenvalue weighted by Gasteiger charge is 2.29. The standard InChI is InChI=1S/C27H29FN2O2S/c1-20-12-14-22(15-13-20)17-30(25(27(32)29-2)16-21-8-4-3-5-9-21)26(31)19-33-18-23-10-6-7-11-24(23)28/h3-15,25H,16-19H2,1-2H3,(H,29,32)/t25-/m1/s1. The van der Waals surface area contributed by atoms with E-state index < -0.39 is 6.04 Å². The van der Waals surface area contributed by atoms with E-state index in [4.69, 9.17) is 0 Å². The Morgan fingerprint density at radius 2 is 1.61 bits per heavy atom. The van der Waals surface area contributed by atoms with Crippen molar-refractivity contribution >= 4 is 23.6 Å². The number of hydrogen-bond donors (Lipinski definition) is 1. The highest BCUT2D eigenvalue weighted by Crippen LogP contribution is 2.19. The number of carbonyl (C=O) groups excluding carboxylic acids is 2. The van der Waals surface area contributed by atoms with E-state index in [9.17, 15) is 14.0 Å². The van der Waals surface area contributed by atoms with E-state index in [2.05, 4.69) is 5.32 Å². The number of nitrogens with zero attached hydrogens (tertiary/aromatic N) is 1. The first-order chi connectivity index (χ1) is 16.0. The Bertz CT molecular complexity index is 1060. The lowest BCUT2D eigenvalue weighted by molar-refractivity contribution is -0.139. The van der Waals surface area contributed by atoms with Crippen molar-refractivity contribution in [3.05, 3.63) is 107 Å². The zero-order valence-electron chi connectivity index (χ0n) is 19.0. The summed E-state index contributed by atoms with van der Waals surface area (Å²) in [7, 11) is 1.59. The number of likely N-dealkylation sites (N-methyl/N-ethyl adjacent to an activating group) is 1. The summed E-state index contributed by atoms with van der Waals surface area (Å²) in [5.41, 5.74) is 3.62. The van der Waals surface area contributed by atoms with Gasteiger partial charge in [-0.15, -0.1) is 11.8 Å². The summed E-state index contributed by atoms with van der Waals surface area (Å²) >= 11 is 1.35. The van der Waals surface area contributed by atoms with Gasteiger partial charge in [0.15, 0.2) is 0 Å². The van der Waals surface area contributed by atoms with Gasteiger partial charge in [-0.3, -0.25) is 9.59 Å². The SMILES string of the molecule is CNC(=O)[C@@H](Cc1ccccc1)N(Cc1ccc(C)cc1)C(=O)CSCc1ccccc1F. The molecule has 172 valence electrons. The maximum atomic E-state index is 14.0. The fourth-order valence-electron chi connectivity index (χ4n) is 3.56. The van der Waals surface area contributed by atoms with Crippen LogP contribution in [0.1, 0.15) is 22.3 Å². The van der Waals surface area contributed by atoms with Gasteiger partial charge in [-0.05, 0) is 29.7 Å². The molecule has 0 heterocycles. The van der Waals surface area contributed by atoms with E-state index in [1.807, 2.05) is 61.5 Å². The molecule has 3 aromatic rings. The molecule has 0 spiro atoms. The highest BCUT2D eigenvalue weighted by atomic mass is 32.2. The molecular formula is C27H29FN2O2S. The van der Waals surface area contributed by atoms with Gasteiger partial charge in [0.1, 0.15) is 11.9 Å². The van der Waals surface area contributed by atoms with Crippen LogP contribution in [0.25, 0.3) is 0 Å². The van der Waals surface area contributed by atoms with E-state index in [0.717, 1.165) is 16.7 Å². The predicted molar refractivity (Wildman–Crippen MR) is 132 cm³/mol. The molecule has 0 fully saturated rings. The molecule has 2 amide bonds. The lowest BCUT2D eigenvalue weighted by Gasteiger charge is -2.31. The molecule has 1 atom stereocenters. The Hall–Kier alpha value is -3.12. The Kier molecular flexibility index (Phi) is 9.07. The number of halogens is 1. The third-order valence-corrected chi connectivity index (χ3v) is 6.40. The quantitative estimate of drug-likeness (QED) is 0.471. The van der Waals surface area contributed by atoms with Gasteiger partial charge in [-0.25, -0.2) is 4.39 Å². The Morgan fingerprint density at radius 3 is 2.27 bits per heavy atom. The maximum absolute atomic E-state index is 14.0. The van der Waals surface area contributed by atoms with Gasteiger partial charge in [0.2, 0.25) is 11.8 Å². The molecule has 0 saturated carbocycles. The Morgan fingerprint density at radius 1 is 0.939 bits per heavy atom. The Balaban J connectivity index is 1.80. The van der Waals surface area contributed by atoms with Crippen molar-refractivity contribution in [3.8, 4) is 0 Å². The smallest absolute Gasteiger partial charge is 0.242 e. The maximum Gasteiger partial charge on any atom is 0.242 e. The Labute approximate surface area is 199 Å². The van der Waals surface area contributed by atoms with Gasteiger partial charge < -0.3 is 10.2 Å². The predicted octanol–water partition coefficient (Wildman–Crippen LogP) is 4.75. The third kappa shape index (κ3) is 7.19. The topological polar surface area (TPSA) is 49.4 Å². The van der Waals surface area contributed by atoms with Crippen LogP contribution in [0.2, 0.25) is 0 Å². The van der Waals surface area contributed by atoms with Crippen LogP contribution in [0.15, 0.2) is 78.9 Å². The number of benzene rings is 3. The minimum absolute atomic E-state index is 0.151. The van der Waals surface area contributed by atoms with E-state index in [0.29, 0.717) is 24.3 Å². The number of carbonyl (C=O) groups is 2. The molecule has 0 aliphatic rings. The second-order valence-electron chi connectivity index (χ2n) is 7.91. The second kappa shape index (κ2) is 12.2. The molecule has 0 saturated heterocycles. The van der Waals surface area contributed by atoms with Crippen molar-refractivity contribution in [1.29, 1.82) is 0 Å². The second-order valence-corrected chi connectivity index (χ2v) is 8.90. The zero-order chi connectivity index (χ0) is 23.6. The fourth-order valence-corrected chi connectivity index (χ4v) is 4.45. The number of thioether (sulfide) groups is 1. The van der Waals surface area contributed by atoms with E-state index in [1.165, 1.54) is 17.8 Å². The third-order valence-electron chi connectivity index (χ3n) is 5.43. The average Bonchev–Trinajstić information content (AvgIpc) is 2.83. The van der Waals surface area contributed by atoms with E-state index >= 15 is 0 Å². The molecule has 6 heteroatoms. The van der Waals surface area contributed by atoms with Gasteiger partial charge in [-0.2, -0.15) is 0 Å². The largest absolute Gasteiger partial charge is 0.357 e. The van der Waals surface area contributed by atoms with Gasteiger partial charge in [0, 0.05) is 25.8 Å². The lowest BCUT2D eigenvalue weighted by atomic mass is 10.0. The van der Waals surface area contributed by atoms with Crippen LogP contribution in [0.4, 0.5) is 4.39 Å². The minimum atomic E-state index is -0.653. The van der Waals surface area contributed by atoms with Crippen LogP contribution in [-0.2, 0) is 28.3 Å². The van der Waals surface area contributed by atoms with Gasteiger partial charge in [-0.1, -0.05) is 78.4 Å². The fraction of sp³-hybridized carbons (Fsp3) is 0.259. The highest BCUT2D eigenvalue weighted by molar-refractivity contribution is 7.99. The van der Waals surface area contributed by atoms with Crippen LogP contribution in [-0.4, -0.2) is 35.6 Å². The molecule has 4 nitrogen and oxygen atoms in total. The van der Waals surface area contributed by atoms with Crippen LogP contribution in [0.3, 0.4) is 0 Å². The number of nitrogens with one attached hydrogen (secondary N) is 1. The summed E-state index contributed by atoms with van der Waals surface area (Å²) in [6.45, 7) is 2.33. The van der Waals surface area contributed by atoms with Gasteiger partial charge in [0.05, 0.1) is 5.75 Å². The first-order valence-electron chi connectivity index (χ1n) is 10.9. The number of hydrogen-bond acceptors (Lipinski definition) is 3. The van der Waals surface area contributed by atoms with Crippen molar-refractivity contribution in [2.24, 2.45) is 0 Å². The van der Waals surface area contributed by atoms with E-state index in [-0.39, 0.29) is 23.4 Å². The van der Waals surface area contributed by atoms with Crippen molar-refractivity contribution < 1.29 is 14.0 Å². The summed E-state index contributed by atoms with van der Waals surface area (Å²) in [6, 6.07) is 23.6. The summed E-state index contributed by atoms with van der Waals surface area (Å²) in [6.07, 6.45) is 0.413. The summed E-state index contributed by atoms with van der Waals surface area (Å²) in [4.78, 5) is 27.9. The number of rotatable bonds is 10. The molecule has 0 aliphatic heterocycles. The van der Waals surface area contributed by atoms with E-state index in [1.54, 1.807) is 30.1 Å². The first kappa shape index (κ1) is 24.5. The molecule has 3 rings (SSSR count). The molecular weight excluding hydrogens is 435 g/mol. The first-order valence-corrected chi connectivity index (χ1v) is 12.0. The monoisotopic (exact) mass is 464 g/mol. The molecule has 3 aromatic carbocycles. The normalized spacial score (nSPS) is 11.6. The molecule has 1 N–H and O–H groups in total. The molecule has 0 bridgehead atoms. The van der Waals surface area contributed by atoms with Crippen molar-refractivity contribution in [2.45, 2.75) is 31.7 Å². The lowest BCUT2D eigenvalue weighted by Crippen LogP contribution is -2.50. The molecule has 0 radical (unpaired) electrons. The molecule has 0 aromatic heterocycles.